The lowest BCUT2D eigenvalue weighted by atomic mass is 10.00. The summed E-state index contributed by atoms with van der Waals surface area (Å²) in [7, 11) is 0. The monoisotopic (exact) mass is 247 g/mol. The van der Waals surface area contributed by atoms with E-state index in [1.54, 1.807) is 0 Å². The lowest BCUT2D eigenvalue weighted by Crippen LogP contribution is -2.28. The van der Waals surface area contributed by atoms with Gasteiger partial charge in [-0.3, -0.25) is 9.78 Å². The van der Waals surface area contributed by atoms with Crippen LogP contribution in [0.2, 0.25) is 0 Å². The Bertz CT molecular complexity index is 445. The molecule has 2 atom stereocenters. The topological polar surface area (TPSA) is 68.0 Å². The molecule has 1 aromatic heterocycles. The first kappa shape index (κ1) is 13.0. The average molecular weight is 247 g/mol. The van der Waals surface area contributed by atoms with Crippen molar-refractivity contribution < 1.29 is 4.79 Å². The molecule has 1 fully saturated rings. The van der Waals surface area contributed by atoms with Gasteiger partial charge in [0.15, 0.2) is 0 Å². The Kier molecular flexibility index (Phi) is 3.97. The number of hydrogen-bond donors (Lipinski definition) is 2. The summed E-state index contributed by atoms with van der Waals surface area (Å²) in [5, 5.41) is 2.93. The summed E-state index contributed by atoms with van der Waals surface area (Å²) in [6, 6.07) is 4.00. The van der Waals surface area contributed by atoms with Crippen LogP contribution in [0.15, 0.2) is 12.1 Å². The number of aromatic nitrogens is 1. The van der Waals surface area contributed by atoms with Crippen LogP contribution in [0, 0.1) is 19.8 Å². The molecule has 1 aliphatic carbocycles. The third-order valence-electron chi connectivity index (χ3n) is 3.66. The molecule has 2 rings (SSSR count). The first-order chi connectivity index (χ1) is 8.56. The SMILES string of the molecule is Cc1ccc(NC(=O)C[C@@H]2CCC[C@H]2N)c(C)n1. The number of nitrogens with one attached hydrogen (secondary N) is 1. The standard InChI is InChI=1S/C14H21N3O/c1-9-6-7-13(10(2)16-9)17-14(18)8-11-4-3-5-12(11)15/h6-7,11-12H,3-5,8,15H2,1-2H3,(H,17,18)/t11-,12+/m0/s1. The quantitative estimate of drug-likeness (QED) is 0.860. The Balaban J connectivity index is 1.94. The van der Waals surface area contributed by atoms with Crippen LogP contribution < -0.4 is 11.1 Å². The van der Waals surface area contributed by atoms with Crippen molar-refractivity contribution in [1.29, 1.82) is 0 Å². The molecule has 1 saturated carbocycles. The van der Waals surface area contributed by atoms with E-state index >= 15 is 0 Å². The van der Waals surface area contributed by atoms with Gasteiger partial charge in [0.2, 0.25) is 5.91 Å². The Morgan fingerprint density at radius 3 is 2.83 bits per heavy atom. The number of nitrogens with zero attached hydrogens (tertiary/aromatic N) is 1. The number of hydrogen-bond acceptors (Lipinski definition) is 3. The molecule has 4 nitrogen and oxygen atoms in total. The smallest absolute Gasteiger partial charge is 0.224 e. The fraction of sp³-hybridized carbons (Fsp3) is 0.571. The van der Waals surface area contributed by atoms with Gasteiger partial charge in [-0.1, -0.05) is 6.42 Å². The molecule has 1 aromatic rings. The molecule has 0 bridgehead atoms. The van der Waals surface area contributed by atoms with Gasteiger partial charge in [0.1, 0.15) is 0 Å². The summed E-state index contributed by atoms with van der Waals surface area (Å²) in [5.74, 6) is 0.384. The molecule has 1 amide bonds. The molecule has 0 spiro atoms. The zero-order chi connectivity index (χ0) is 13.1. The highest BCUT2D eigenvalue weighted by Gasteiger charge is 2.26. The van der Waals surface area contributed by atoms with E-state index < -0.39 is 0 Å². The number of carbonyl (C=O) groups is 1. The maximum absolute atomic E-state index is 12.0. The summed E-state index contributed by atoms with van der Waals surface area (Å²) in [6.07, 6.45) is 3.78. The van der Waals surface area contributed by atoms with Crippen LogP contribution in [0.1, 0.15) is 37.1 Å². The van der Waals surface area contributed by atoms with Crippen LogP contribution in [0.4, 0.5) is 5.69 Å². The number of amides is 1. The van der Waals surface area contributed by atoms with Gasteiger partial charge >= 0.3 is 0 Å². The first-order valence-corrected chi connectivity index (χ1v) is 6.56. The number of nitrogens with two attached hydrogens (primary N) is 1. The summed E-state index contributed by atoms with van der Waals surface area (Å²) in [4.78, 5) is 16.3. The minimum absolute atomic E-state index is 0.0473. The predicted molar refractivity (Wildman–Crippen MR) is 72.3 cm³/mol. The van der Waals surface area contributed by atoms with Crippen LogP contribution in [0.5, 0.6) is 0 Å². The fourth-order valence-electron chi connectivity index (χ4n) is 2.58. The molecule has 0 aliphatic heterocycles. The largest absolute Gasteiger partial charge is 0.327 e. The van der Waals surface area contributed by atoms with E-state index in [1.807, 2.05) is 26.0 Å². The Hall–Kier alpha value is -1.42. The van der Waals surface area contributed by atoms with E-state index in [4.69, 9.17) is 5.73 Å². The van der Waals surface area contributed by atoms with Gasteiger partial charge in [0, 0.05) is 18.2 Å². The van der Waals surface area contributed by atoms with Crippen molar-refractivity contribution in [3.05, 3.63) is 23.5 Å². The average Bonchev–Trinajstić information content (AvgIpc) is 2.69. The molecule has 18 heavy (non-hydrogen) atoms. The normalized spacial score (nSPS) is 23.1. The van der Waals surface area contributed by atoms with Crippen molar-refractivity contribution in [2.75, 3.05) is 5.32 Å². The van der Waals surface area contributed by atoms with Crippen molar-refractivity contribution in [1.82, 2.24) is 4.98 Å². The second kappa shape index (κ2) is 5.48. The molecular weight excluding hydrogens is 226 g/mol. The summed E-state index contributed by atoms with van der Waals surface area (Å²) in [5.41, 5.74) is 8.60. The molecule has 4 heteroatoms. The third kappa shape index (κ3) is 3.07. The van der Waals surface area contributed by atoms with Gasteiger partial charge < -0.3 is 11.1 Å². The highest BCUT2D eigenvalue weighted by atomic mass is 16.1. The van der Waals surface area contributed by atoms with E-state index in [-0.39, 0.29) is 11.9 Å². The molecule has 0 unspecified atom stereocenters. The first-order valence-electron chi connectivity index (χ1n) is 6.56. The van der Waals surface area contributed by atoms with Gasteiger partial charge in [0.25, 0.3) is 0 Å². The van der Waals surface area contributed by atoms with E-state index in [0.29, 0.717) is 12.3 Å². The van der Waals surface area contributed by atoms with Crippen LogP contribution in [-0.4, -0.2) is 16.9 Å². The minimum Gasteiger partial charge on any atom is -0.327 e. The number of rotatable bonds is 3. The van der Waals surface area contributed by atoms with Gasteiger partial charge in [-0.2, -0.15) is 0 Å². The van der Waals surface area contributed by atoms with E-state index in [1.165, 1.54) is 0 Å². The second-order valence-electron chi connectivity index (χ2n) is 5.19. The summed E-state index contributed by atoms with van der Waals surface area (Å²) >= 11 is 0. The van der Waals surface area contributed by atoms with Crippen molar-refractivity contribution in [3.8, 4) is 0 Å². The molecular formula is C14H21N3O. The molecule has 0 radical (unpaired) electrons. The minimum atomic E-state index is 0.0473. The Morgan fingerprint density at radius 2 is 2.22 bits per heavy atom. The van der Waals surface area contributed by atoms with Crippen LogP contribution in [-0.2, 0) is 4.79 Å². The maximum atomic E-state index is 12.0. The van der Waals surface area contributed by atoms with Gasteiger partial charge in [-0.05, 0) is 44.7 Å². The molecule has 1 heterocycles. The van der Waals surface area contributed by atoms with Crippen LogP contribution in [0.3, 0.4) is 0 Å². The van der Waals surface area contributed by atoms with Gasteiger partial charge in [-0.25, -0.2) is 0 Å². The highest BCUT2D eigenvalue weighted by Crippen LogP contribution is 2.27. The zero-order valence-corrected chi connectivity index (χ0v) is 11.1. The Morgan fingerprint density at radius 1 is 1.44 bits per heavy atom. The number of carbonyl (C=O) groups excluding carboxylic acids is 1. The van der Waals surface area contributed by atoms with Gasteiger partial charge in [-0.15, -0.1) is 0 Å². The number of anilines is 1. The number of pyridine rings is 1. The second-order valence-corrected chi connectivity index (χ2v) is 5.19. The lowest BCUT2D eigenvalue weighted by molar-refractivity contribution is -0.117. The van der Waals surface area contributed by atoms with Crippen molar-refractivity contribution in [3.63, 3.8) is 0 Å². The number of aryl methyl sites for hydroxylation is 2. The zero-order valence-electron chi connectivity index (χ0n) is 11.1. The maximum Gasteiger partial charge on any atom is 0.224 e. The molecule has 0 saturated heterocycles. The third-order valence-corrected chi connectivity index (χ3v) is 3.66. The lowest BCUT2D eigenvalue weighted by Gasteiger charge is -2.15. The fourth-order valence-corrected chi connectivity index (χ4v) is 2.58. The molecule has 1 aliphatic rings. The molecule has 3 N–H and O–H groups in total. The highest BCUT2D eigenvalue weighted by molar-refractivity contribution is 5.91. The predicted octanol–water partition coefficient (Wildman–Crippen LogP) is 2.15. The van der Waals surface area contributed by atoms with Crippen LogP contribution in [0.25, 0.3) is 0 Å². The van der Waals surface area contributed by atoms with Gasteiger partial charge in [0.05, 0.1) is 11.4 Å². The van der Waals surface area contributed by atoms with E-state index in [0.717, 1.165) is 36.3 Å². The summed E-state index contributed by atoms with van der Waals surface area (Å²) in [6.45, 7) is 3.85. The van der Waals surface area contributed by atoms with E-state index in [2.05, 4.69) is 10.3 Å². The summed E-state index contributed by atoms with van der Waals surface area (Å²) < 4.78 is 0. The Labute approximate surface area is 108 Å². The molecule has 98 valence electrons. The van der Waals surface area contributed by atoms with Crippen molar-refractivity contribution >= 4 is 11.6 Å². The van der Waals surface area contributed by atoms with Crippen molar-refractivity contribution in [2.45, 2.75) is 45.6 Å². The van der Waals surface area contributed by atoms with Crippen molar-refractivity contribution in [2.24, 2.45) is 11.7 Å². The van der Waals surface area contributed by atoms with Crippen LogP contribution >= 0.6 is 0 Å². The molecule has 0 aromatic carbocycles. The van der Waals surface area contributed by atoms with E-state index in [9.17, 15) is 4.79 Å².